The number of β-amino-alcohol motifs (C(OH)–C–C–N with tert-alkyl or cyclic N) is 1. The van der Waals surface area contributed by atoms with Crippen molar-refractivity contribution in [3.05, 3.63) is 46.1 Å². The van der Waals surface area contributed by atoms with Crippen molar-refractivity contribution in [1.82, 2.24) is 20.4 Å². The van der Waals surface area contributed by atoms with Crippen LogP contribution in [0.3, 0.4) is 0 Å². The number of pyridine rings is 1. The molecule has 2 N–H and O–H groups in total. The zero-order valence-corrected chi connectivity index (χ0v) is 15.9. The Hall–Kier alpha value is -2.25. The molecule has 2 aromatic rings. The number of fused-ring (bicyclic) bond motifs is 1. The fraction of sp³-hybridized carbons (Fsp3) is 0.550. The van der Waals surface area contributed by atoms with Gasteiger partial charge in [-0.25, -0.2) is 0 Å². The fourth-order valence-electron chi connectivity index (χ4n) is 4.06. The van der Waals surface area contributed by atoms with E-state index in [9.17, 15) is 9.90 Å². The predicted molar refractivity (Wildman–Crippen MR) is 99.4 cm³/mol. The van der Waals surface area contributed by atoms with Gasteiger partial charge in [0.2, 0.25) is 0 Å². The summed E-state index contributed by atoms with van der Waals surface area (Å²) in [5.74, 6) is 0.668. The first-order valence-electron chi connectivity index (χ1n) is 9.62. The van der Waals surface area contributed by atoms with E-state index < -0.39 is 6.10 Å². The highest BCUT2D eigenvalue weighted by atomic mass is 16.5. The summed E-state index contributed by atoms with van der Waals surface area (Å²) in [4.78, 5) is 19.2. The number of aryl methyl sites for hydroxylation is 4. The van der Waals surface area contributed by atoms with E-state index >= 15 is 0 Å². The maximum atomic E-state index is 12.6. The van der Waals surface area contributed by atoms with E-state index in [0.717, 1.165) is 48.5 Å². The van der Waals surface area contributed by atoms with E-state index in [2.05, 4.69) is 20.4 Å². The van der Waals surface area contributed by atoms with Gasteiger partial charge in [0.05, 0.1) is 23.4 Å². The van der Waals surface area contributed by atoms with Gasteiger partial charge in [-0.15, -0.1) is 0 Å². The topological polar surface area (TPSA) is 91.5 Å². The smallest absolute Gasteiger partial charge is 0.253 e. The molecule has 7 nitrogen and oxygen atoms in total. The first-order chi connectivity index (χ1) is 13.0. The van der Waals surface area contributed by atoms with Crippen molar-refractivity contribution in [3.63, 3.8) is 0 Å². The average Bonchev–Trinajstić information content (AvgIpc) is 3.25. The number of aliphatic hydroxyl groups is 1. The number of amides is 1. The van der Waals surface area contributed by atoms with E-state index in [1.165, 1.54) is 5.56 Å². The quantitative estimate of drug-likeness (QED) is 0.848. The molecule has 1 fully saturated rings. The molecule has 0 bridgehead atoms. The molecule has 0 spiro atoms. The Morgan fingerprint density at radius 3 is 3.00 bits per heavy atom. The van der Waals surface area contributed by atoms with Crippen LogP contribution in [0, 0.1) is 13.8 Å². The monoisotopic (exact) mass is 370 g/mol. The van der Waals surface area contributed by atoms with Gasteiger partial charge in [-0.2, -0.15) is 0 Å². The number of likely N-dealkylation sites (tertiary alicyclic amines) is 1. The highest BCUT2D eigenvalue weighted by Gasteiger charge is 2.30. The molecule has 27 heavy (non-hydrogen) atoms. The number of hydrogen-bond donors (Lipinski definition) is 2. The second kappa shape index (κ2) is 7.40. The summed E-state index contributed by atoms with van der Waals surface area (Å²) in [6.07, 6.45) is 4.85. The normalized spacial score (nSPS) is 22.6. The lowest BCUT2D eigenvalue weighted by molar-refractivity contribution is 0.0347. The molecule has 2 atom stereocenters. The van der Waals surface area contributed by atoms with Crippen LogP contribution in [0.2, 0.25) is 0 Å². The predicted octanol–water partition coefficient (Wildman–Crippen LogP) is 1.54. The minimum Gasteiger partial charge on any atom is -0.390 e. The number of rotatable bonds is 4. The molecule has 0 saturated carbocycles. The van der Waals surface area contributed by atoms with Gasteiger partial charge in [0, 0.05) is 37.1 Å². The first-order valence-corrected chi connectivity index (χ1v) is 9.62. The van der Waals surface area contributed by atoms with Crippen LogP contribution in [0.15, 0.2) is 16.8 Å². The van der Waals surface area contributed by atoms with Gasteiger partial charge >= 0.3 is 0 Å². The Kier molecular flexibility index (Phi) is 4.97. The Morgan fingerprint density at radius 2 is 2.26 bits per heavy atom. The lowest BCUT2D eigenvalue weighted by atomic mass is 10.0. The molecule has 1 amide bonds. The number of nitrogens with zero attached hydrogens (tertiary/aromatic N) is 3. The van der Waals surface area contributed by atoms with E-state index in [4.69, 9.17) is 4.52 Å². The highest BCUT2D eigenvalue weighted by Crippen LogP contribution is 2.22. The summed E-state index contributed by atoms with van der Waals surface area (Å²) in [6, 6.07) is 1.70. The zero-order chi connectivity index (χ0) is 19.0. The van der Waals surface area contributed by atoms with Crippen LogP contribution in [-0.4, -0.2) is 51.3 Å². The first kappa shape index (κ1) is 18.1. The summed E-state index contributed by atoms with van der Waals surface area (Å²) in [6.45, 7) is 5.85. The van der Waals surface area contributed by atoms with Crippen molar-refractivity contribution in [1.29, 1.82) is 0 Å². The third kappa shape index (κ3) is 3.75. The summed E-state index contributed by atoms with van der Waals surface area (Å²) in [7, 11) is 0. The number of aromatic nitrogens is 2. The van der Waals surface area contributed by atoms with Crippen LogP contribution in [0.5, 0.6) is 0 Å². The second-order valence-corrected chi connectivity index (χ2v) is 7.66. The van der Waals surface area contributed by atoms with Gasteiger partial charge in [-0.05, 0) is 51.2 Å². The number of piperidine rings is 1. The highest BCUT2D eigenvalue weighted by molar-refractivity contribution is 5.94. The van der Waals surface area contributed by atoms with Crippen molar-refractivity contribution in [3.8, 4) is 0 Å². The Morgan fingerprint density at radius 1 is 1.41 bits per heavy atom. The maximum Gasteiger partial charge on any atom is 0.253 e. The van der Waals surface area contributed by atoms with Gasteiger partial charge in [0.1, 0.15) is 5.76 Å². The maximum absolute atomic E-state index is 12.6. The minimum atomic E-state index is -0.606. The van der Waals surface area contributed by atoms with Crippen LogP contribution in [0.25, 0.3) is 0 Å². The van der Waals surface area contributed by atoms with Gasteiger partial charge in [0.15, 0.2) is 0 Å². The number of carbonyl (C=O) groups excluding carboxylic acids is 1. The van der Waals surface area contributed by atoms with Crippen molar-refractivity contribution in [2.45, 2.75) is 58.2 Å². The average molecular weight is 370 g/mol. The van der Waals surface area contributed by atoms with E-state index in [0.29, 0.717) is 25.1 Å². The zero-order valence-electron chi connectivity index (χ0n) is 15.9. The van der Waals surface area contributed by atoms with Crippen molar-refractivity contribution >= 4 is 5.91 Å². The molecule has 7 heteroatoms. The number of nitrogens with one attached hydrogen (secondary N) is 1. The van der Waals surface area contributed by atoms with Gasteiger partial charge in [-0.1, -0.05) is 5.16 Å². The minimum absolute atomic E-state index is 0.152. The number of hydrogen-bond acceptors (Lipinski definition) is 6. The molecule has 144 valence electrons. The Balaban J connectivity index is 1.35. The standard InChI is InChI=1S/C20H26N4O3/c1-12-16(13(2)27-23-12)10-24-7-6-18(19(25)11-24)22-20(26)15-8-14-4-3-5-17(14)21-9-15/h8-9,18-19,25H,3-7,10-11H2,1-2H3,(H,22,26)/t18-,19-/m1/s1. The Labute approximate surface area is 158 Å². The third-order valence-corrected chi connectivity index (χ3v) is 5.73. The largest absolute Gasteiger partial charge is 0.390 e. The van der Waals surface area contributed by atoms with Gasteiger partial charge in [-0.3, -0.25) is 14.7 Å². The molecule has 1 aliphatic heterocycles. The molecule has 0 radical (unpaired) electrons. The molecule has 1 aliphatic carbocycles. The van der Waals surface area contributed by atoms with Gasteiger partial charge < -0.3 is 14.9 Å². The SMILES string of the molecule is Cc1noc(C)c1CN1CC[C@@H](NC(=O)c2cnc3c(c2)CCC3)[C@H](O)C1. The molecular weight excluding hydrogens is 344 g/mol. The molecule has 2 aliphatic rings. The van der Waals surface area contributed by atoms with Crippen LogP contribution in [-0.2, 0) is 19.4 Å². The molecule has 1 saturated heterocycles. The van der Waals surface area contributed by atoms with Gasteiger partial charge in [0.25, 0.3) is 5.91 Å². The van der Waals surface area contributed by atoms with E-state index in [1.807, 2.05) is 19.9 Å². The summed E-state index contributed by atoms with van der Waals surface area (Å²) >= 11 is 0. The lowest BCUT2D eigenvalue weighted by Crippen LogP contribution is -2.53. The number of carbonyl (C=O) groups is 1. The lowest BCUT2D eigenvalue weighted by Gasteiger charge is -2.36. The van der Waals surface area contributed by atoms with Crippen molar-refractivity contribution in [2.75, 3.05) is 13.1 Å². The third-order valence-electron chi connectivity index (χ3n) is 5.73. The fourth-order valence-corrected chi connectivity index (χ4v) is 4.06. The van der Waals surface area contributed by atoms with E-state index in [1.54, 1.807) is 6.20 Å². The summed E-state index contributed by atoms with van der Waals surface area (Å²) < 4.78 is 5.22. The van der Waals surface area contributed by atoms with Crippen LogP contribution in [0.1, 0.15) is 51.5 Å². The van der Waals surface area contributed by atoms with E-state index in [-0.39, 0.29) is 11.9 Å². The Bertz CT molecular complexity index is 828. The van der Waals surface area contributed by atoms with Crippen LogP contribution < -0.4 is 5.32 Å². The molecule has 4 rings (SSSR count). The molecular formula is C20H26N4O3. The summed E-state index contributed by atoms with van der Waals surface area (Å²) in [5.41, 5.74) is 4.84. The number of aliphatic hydroxyl groups excluding tert-OH is 1. The molecule has 0 aromatic carbocycles. The molecule has 0 unspecified atom stereocenters. The summed E-state index contributed by atoms with van der Waals surface area (Å²) in [5, 5.41) is 17.5. The molecule has 2 aromatic heterocycles. The van der Waals surface area contributed by atoms with Crippen LogP contribution >= 0.6 is 0 Å². The van der Waals surface area contributed by atoms with Crippen molar-refractivity contribution < 1.29 is 14.4 Å². The van der Waals surface area contributed by atoms with Crippen molar-refractivity contribution in [2.24, 2.45) is 0 Å². The second-order valence-electron chi connectivity index (χ2n) is 7.66. The van der Waals surface area contributed by atoms with Crippen LogP contribution in [0.4, 0.5) is 0 Å². The molecule has 3 heterocycles.